The molecule has 17 heavy (non-hydrogen) atoms. The molecule has 0 bridgehead atoms. The Kier molecular flexibility index (Phi) is 4.01. The van der Waals surface area contributed by atoms with Crippen molar-refractivity contribution in [1.29, 1.82) is 5.26 Å². The number of hydrogen-bond acceptors (Lipinski definition) is 3. The van der Waals surface area contributed by atoms with Gasteiger partial charge in [-0.1, -0.05) is 19.8 Å². The van der Waals surface area contributed by atoms with E-state index >= 15 is 0 Å². The zero-order chi connectivity index (χ0) is 12.3. The molecule has 1 amide bonds. The maximum Gasteiger partial charge on any atom is 0.240 e. The van der Waals surface area contributed by atoms with Gasteiger partial charge in [0.2, 0.25) is 5.91 Å². The molecule has 0 aromatic rings. The first kappa shape index (κ1) is 12.4. The van der Waals surface area contributed by atoms with Crippen molar-refractivity contribution >= 4 is 5.91 Å². The second kappa shape index (κ2) is 5.50. The minimum atomic E-state index is -0.476. The van der Waals surface area contributed by atoms with Gasteiger partial charge in [0.05, 0.1) is 24.8 Å². The lowest BCUT2D eigenvalue weighted by atomic mass is 9.89. The lowest BCUT2D eigenvalue weighted by molar-refractivity contribution is -0.152. The molecular formula is C13H20N2O2. The van der Waals surface area contributed by atoms with Crippen molar-refractivity contribution in [3.8, 4) is 6.07 Å². The molecule has 1 saturated heterocycles. The van der Waals surface area contributed by atoms with Crippen molar-refractivity contribution in [2.24, 2.45) is 5.92 Å². The van der Waals surface area contributed by atoms with Gasteiger partial charge in [0, 0.05) is 6.54 Å². The van der Waals surface area contributed by atoms with E-state index in [1.54, 1.807) is 0 Å². The fourth-order valence-corrected chi connectivity index (χ4v) is 2.89. The van der Waals surface area contributed by atoms with Crippen LogP contribution in [-0.2, 0) is 9.53 Å². The normalized spacial score (nSPS) is 30.2. The Morgan fingerprint density at radius 3 is 3.00 bits per heavy atom. The Morgan fingerprint density at radius 2 is 2.29 bits per heavy atom. The molecule has 0 aromatic carbocycles. The summed E-state index contributed by atoms with van der Waals surface area (Å²) in [6.07, 6.45) is 5.24. The van der Waals surface area contributed by atoms with Crippen LogP contribution in [0.25, 0.3) is 0 Å². The molecule has 0 spiro atoms. The second-order valence-corrected chi connectivity index (χ2v) is 4.88. The smallest absolute Gasteiger partial charge is 0.240 e. The highest BCUT2D eigenvalue weighted by molar-refractivity contribution is 5.81. The summed E-state index contributed by atoms with van der Waals surface area (Å²) in [5, 5.41) is 8.99. The fourth-order valence-electron chi connectivity index (χ4n) is 2.89. The van der Waals surface area contributed by atoms with E-state index in [9.17, 15) is 4.79 Å². The second-order valence-electron chi connectivity index (χ2n) is 4.88. The molecule has 1 saturated carbocycles. The molecule has 94 valence electrons. The summed E-state index contributed by atoms with van der Waals surface area (Å²) >= 11 is 0. The van der Waals surface area contributed by atoms with Crippen molar-refractivity contribution in [2.45, 2.75) is 51.2 Å². The number of carbonyl (C=O) groups excluding carboxylic acids is 1. The molecule has 0 aromatic heterocycles. The molecule has 3 atom stereocenters. The number of morpholine rings is 1. The van der Waals surface area contributed by atoms with Crippen molar-refractivity contribution in [3.05, 3.63) is 0 Å². The third kappa shape index (κ3) is 2.44. The van der Waals surface area contributed by atoms with Gasteiger partial charge in [-0.25, -0.2) is 0 Å². The summed E-state index contributed by atoms with van der Waals surface area (Å²) in [6.45, 7) is 3.16. The molecule has 2 rings (SSSR count). The zero-order valence-corrected chi connectivity index (χ0v) is 10.4. The first-order valence-electron chi connectivity index (χ1n) is 6.59. The van der Waals surface area contributed by atoms with Crippen LogP contribution in [-0.4, -0.2) is 36.1 Å². The first-order chi connectivity index (χ1) is 8.27. The van der Waals surface area contributed by atoms with E-state index < -0.39 is 5.92 Å². The monoisotopic (exact) mass is 236 g/mol. The first-order valence-corrected chi connectivity index (χ1v) is 6.59. The van der Waals surface area contributed by atoms with E-state index in [0.717, 1.165) is 19.3 Å². The van der Waals surface area contributed by atoms with E-state index in [2.05, 4.69) is 6.07 Å². The van der Waals surface area contributed by atoms with Crippen LogP contribution in [0, 0.1) is 17.2 Å². The van der Waals surface area contributed by atoms with E-state index in [1.807, 2.05) is 11.8 Å². The molecule has 2 aliphatic rings. The summed E-state index contributed by atoms with van der Waals surface area (Å²) in [7, 11) is 0. The molecule has 1 aliphatic heterocycles. The Bertz CT molecular complexity index is 322. The number of nitriles is 1. The van der Waals surface area contributed by atoms with Crippen LogP contribution in [0.3, 0.4) is 0 Å². The molecular weight excluding hydrogens is 216 g/mol. The van der Waals surface area contributed by atoms with Crippen molar-refractivity contribution < 1.29 is 9.53 Å². The SMILES string of the molecule is CCC(C#N)C(=O)N1CCOC2CCCCC21. The minimum absolute atomic E-state index is 0.00944. The molecule has 0 N–H and O–H groups in total. The molecule has 4 heteroatoms. The van der Waals surface area contributed by atoms with Gasteiger partial charge in [-0.05, 0) is 19.3 Å². The van der Waals surface area contributed by atoms with Crippen LogP contribution < -0.4 is 0 Å². The Morgan fingerprint density at radius 1 is 1.53 bits per heavy atom. The molecule has 3 unspecified atom stereocenters. The highest BCUT2D eigenvalue weighted by atomic mass is 16.5. The Hall–Kier alpha value is -1.08. The number of nitrogens with zero attached hydrogens (tertiary/aromatic N) is 2. The van der Waals surface area contributed by atoms with Crippen LogP contribution in [0.15, 0.2) is 0 Å². The topological polar surface area (TPSA) is 53.3 Å². The maximum absolute atomic E-state index is 12.3. The molecule has 1 aliphatic carbocycles. The lowest BCUT2D eigenvalue weighted by Crippen LogP contribution is -2.56. The van der Waals surface area contributed by atoms with Gasteiger partial charge in [0.1, 0.15) is 5.92 Å². The number of amides is 1. The number of fused-ring (bicyclic) bond motifs is 1. The average Bonchev–Trinajstić information content (AvgIpc) is 2.39. The maximum atomic E-state index is 12.3. The van der Waals surface area contributed by atoms with Gasteiger partial charge in [-0.3, -0.25) is 4.79 Å². The lowest BCUT2D eigenvalue weighted by Gasteiger charge is -2.44. The predicted octanol–water partition coefficient (Wildman–Crippen LogP) is 1.71. The highest BCUT2D eigenvalue weighted by Crippen LogP contribution is 2.29. The Balaban J connectivity index is 2.08. The quantitative estimate of drug-likeness (QED) is 0.733. The zero-order valence-electron chi connectivity index (χ0n) is 10.4. The standard InChI is InChI=1S/C13H20N2O2/c1-2-10(9-14)13(16)15-7-8-17-12-6-4-3-5-11(12)15/h10-12H,2-8H2,1H3. The number of carbonyl (C=O) groups is 1. The largest absolute Gasteiger partial charge is 0.374 e. The summed E-state index contributed by atoms with van der Waals surface area (Å²) in [6, 6.07) is 2.33. The highest BCUT2D eigenvalue weighted by Gasteiger charge is 2.38. The van der Waals surface area contributed by atoms with Crippen molar-refractivity contribution in [1.82, 2.24) is 4.90 Å². The summed E-state index contributed by atoms with van der Waals surface area (Å²) in [5.41, 5.74) is 0. The van der Waals surface area contributed by atoms with Crippen molar-refractivity contribution in [2.75, 3.05) is 13.2 Å². The third-order valence-electron chi connectivity index (χ3n) is 3.88. The van der Waals surface area contributed by atoms with Crippen LogP contribution in [0.4, 0.5) is 0 Å². The van der Waals surface area contributed by atoms with Gasteiger partial charge in [0.15, 0.2) is 0 Å². The van der Waals surface area contributed by atoms with E-state index in [4.69, 9.17) is 10.00 Å². The molecule has 2 fully saturated rings. The van der Waals surface area contributed by atoms with Gasteiger partial charge in [0.25, 0.3) is 0 Å². The summed E-state index contributed by atoms with van der Waals surface area (Å²) in [4.78, 5) is 14.2. The molecule has 1 heterocycles. The van der Waals surface area contributed by atoms with Gasteiger partial charge < -0.3 is 9.64 Å². The fraction of sp³-hybridized carbons (Fsp3) is 0.846. The van der Waals surface area contributed by atoms with Crippen LogP contribution in [0.2, 0.25) is 0 Å². The minimum Gasteiger partial charge on any atom is -0.374 e. The Labute approximate surface area is 103 Å². The predicted molar refractivity (Wildman–Crippen MR) is 63.1 cm³/mol. The molecule has 0 radical (unpaired) electrons. The summed E-state index contributed by atoms with van der Waals surface area (Å²) < 4.78 is 5.73. The van der Waals surface area contributed by atoms with Gasteiger partial charge >= 0.3 is 0 Å². The van der Waals surface area contributed by atoms with E-state index in [1.165, 1.54) is 6.42 Å². The van der Waals surface area contributed by atoms with Crippen molar-refractivity contribution in [3.63, 3.8) is 0 Å². The van der Waals surface area contributed by atoms with Crippen LogP contribution in [0.1, 0.15) is 39.0 Å². The van der Waals surface area contributed by atoms with Gasteiger partial charge in [-0.2, -0.15) is 5.26 Å². The molecule has 4 nitrogen and oxygen atoms in total. The number of rotatable bonds is 2. The number of hydrogen-bond donors (Lipinski definition) is 0. The van der Waals surface area contributed by atoms with Gasteiger partial charge in [-0.15, -0.1) is 0 Å². The third-order valence-corrected chi connectivity index (χ3v) is 3.88. The average molecular weight is 236 g/mol. The van der Waals surface area contributed by atoms with Crippen LogP contribution in [0.5, 0.6) is 0 Å². The number of ether oxygens (including phenoxy) is 1. The van der Waals surface area contributed by atoms with E-state index in [-0.39, 0.29) is 18.1 Å². The van der Waals surface area contributed by atoms with Crippen LogP contribution >= 0.6 is 0 Å². The summed E-state index contributed by atoms with van der Waals surface area (Å²) in [5.74, 6) is -0.467. The van der Waals surface area contributed by atoms with E-state index in [0.29, 0.717) is 19.6 Å².